The van der Waals surface area contributed by atoms with Crippen LogP contribution in [0.2, 0.25) is 0 Å². The van der Waals surface area contributed by atoms with Crippen LogP contribution in [-0.4, -0.2) is 45.7 Å². The molecule has 2 aromatic rings. The zero-order valence-corrected chi connectivity index (χ0v) is 16.8. The van der Waals surface area contributed by atoms with Crippen molar-refractivity contribution in [1.82, 2.24) is 14.9 Å². The van der Waals surface area contributed by atoms with Crippen molar-refractivity contribution in [3.8, 4) is 11.3 Å². The van der Waals surface area contributed by atoms with Gasteiger partial charge in [-0.3, -0.25) is 4.90 Å². The first-order valence-electron chi connectivity index (χ1n) is 9.60. The van der Waals surface area contributed by atoms with Gasteiger partial charge >= 0.3 is 12.1 Å². The third-order valence-electron chi connectivity index (χ3n) is 4.50. The van der Waals surface area contributed by atoms with E-state index in [1.807, 2.05) is 32.9 Å². The molecule has 0 aliphatic carbocycles. The van der Waals surface area contributed by atoms with Crippen molar-refractivity contribution in [2.24, 2.45) is 0 Å². The molecule has 0 radical (unpaired) electrons. The lowest BCUT2D eigenvalue weighted by Crippen LogP contribution is -2.36. The molecule has 1 aromatic heterocycles. The van der Waals surface area contributed by atoms with Crippen LogP contribution in [0.1, 0.15) is 62.8 Å². The van der Waals surface area contributed by atoms with Gasteiger partial charge < -0.3 is 14.5 Å². The number of amides is 1. The minimum atomic E-state index is -0.529. The Morgan fingerprint density at radius 1 is 1.25 bits per heavy atom. The molecule has 0 bridgehead atoms. The molecular weight excluding hydrogens is 358 g/mol. The molecule has 1 N–H and O–H groups in total. The summed E-state index contributed by atoms with van der Waals surface area (Å²) < 4.78 is 10.5. The quantitative estimate of drug-likeness (QED) is 0.792. The lowest BCUT2D eigenvalue weighted by molar-refractivity contribution is 0.0218. The topological polar surface area (TPSA) is 84.5 Å². The highest BCUT2D eigenvalue weighted by molar-refractivity contribution is 5.90. The van der Waals surface area contributed by atoms with Crippen molar-refractivity contribution in [1.29, 1.82) is 0 Å². The predicted molar refractivity (Wildman–Crippen MR) is 105 cm³/mol. The van der Waals surface area contributed by atoms with Gasteiger partial charge in [-0.1, -0.05) is 12.1 Å². The molecule has 1 amide bonds. The number of imidazole rings is 1. The lowest BCUT2D eigenvalue weighted by atomic mass is 10.1. The molecule has 1 aliphatic heterocycles. The Bertz CT molecular complexity index is 836. The summed E-state index contributed by atoms with van der Waals surface area (Å²) in [5.74, 6) is 0.408. The molecule has 3 rings (SSSR count). The first-order chi connectivity index (χ1) is 13.3. The third-order valence-corrected chi connectivity index (χ3v) is 4.50. The van der Waals surface area contributed by atoms with Crippen LogP contribution in [0.15, 0.2) is 30.5 Å². The second kappa shape index (κ2) is 8.04. The highest BCUT2D eigenvalue weighted by atomic mass is 16.6. The van der Waals surface area contributed by atoms with E-state index in [-0.39, 0.29) is 18.1 Å². The molecule has 2 heterocycles. The van der Waals surface area contributed by atoms with Crippen molar-refractivity contribution in [2.45, 2.75) is 52.2 Å². The first-order valence-corrected chi connectivity index (χ1v) is 9.60. The summed E-state index contributed by atoms with van der Waals surface area (Å²) in [6.07, 6.45) is 3.19. The van der Waals surface area contributed by atoms with Crippen molar-refractivity contribution >= 4 is 12.1 Å². The first kappa shape index (κ1) is 19.9. The molecule has 7 heteroatoms. The number of carbonyl (C=O) groups excluding carboxylic acids is 2. The number of esters is 1. The van der Waals surface area contributed by atoms with Crippen molar-refractivity contribution in [2.75, 3.05) is 13.2 Å². The monoisotopic (exact) mass is 385 g/mol. The Morgan fingerprint density at radius 3 is 2.61 bits per heavy atom. The van der Waals surface area contributed by atoms with Gasteiger partial charge in [-0.15, -0.1) is 0 Å². The van der Waals surface area contributed by atoms with Crippen LogP contribution in [0.5, 0.6) is 0 Å². The number of rotatable bonds is 4. The maximum Gasteiger partial charge on any atom is 0.410 e. The second-order valence-electron chi connectivity index (χ2n) is 7.81. The minimum Gasteiger partial charge on any atom is -0.462 e. The highest BCUT2D eigenvalue weighted by Crippen LogP contribution is 2.32. The number of likely N-dealkylation sites (tertiary alicyclic amines) is 1. The summed E-state index contributed by atoms with van der Waals surface area (Å²) in [6.45, 7) is 8.37. The van der Waals surface area contributed by atoms with Crippen LogP contribution in [-0.2, 0) is 9.47 Å². The predicted octanol–water partition coefficient (Wildman–Crippen LogP) is 4.33. The fourth-order valence-electron chi connectivity index (χ4n) is 3.24. The molecule has 1 unspecified atom stereocenters. The van der Waals surface area contributed by atoms with Crippen LogP contribution >= 0.6 is 0 Å². The second-order valence-corrected chi connectivity index (χ2v) is 7.81. The summed E-state index contributed by atoms with van der Waals surface area (Å²) in [5, 5.41) is 0. The van der Waals surface area contributed by atoms with Gasteiger partial charge in [0, 0.05) is 6.54 Å². The van der Waals surface area contributed by atoms with Crippen LogP contribution in [0, 0.1) is 0 Å². The normalized spacial score (nSPS) is 16.9. The standard InChI is InChI=1S/C21H27N3O4/c1-5-27-19(25)15-10-8-14(9-11-15)16-13-22-18(23-16)17-7-6-12-24(17)20(26)28-21(2,3)4/h8-11,13,17H,5-7,12H2,1-4H3,(H,22,23). The molecule has 0 saturated carbocycles. The summed E-state index contributed by atoms with van der Waals surface area (Å²) in [5.41, 5.74) is 1.73. The average Bonchev–Trinajstić information content (AvgIpc) is 3.30. The summed E-state index contributed by atoms with van der Waals surface area (Å²) in [7, 11) is 0. The zero-order valence-electron chi connectivity index (χ0n) is 16.8. The molecule has 28 heavy (non-hydrogen) atoms. The summed E-state index contributed by atoms with van der Waals surface area (Å²) in [6, 6.07) is 7.04. The number of nitrogens with zero attached hydrogens (tertiary/aromatic N) is 2. The summed E-state index contributed by atoms with van der Waals surface area (Å²) >= 11 is 0. The Balaban J connectivity index is 1.74. The maximum atomic E-state index is 12.5. The minimum absolute atomic E-state index is 0.123. The van der Waals surface area contributed by atoms with E-state index in [0.717, 1.165) is 29.9 Å². The van der Waals surface area contributed by atoms with Crippen molar-refractivity contribution in [3.05, 3.63) is 41.9 Å². The van der Waals surface area contributed by atoms with Gasteiger partial charge in [0.1, 0.15) is 11.4 Å². The van der Waals surface area contributed by atoms with Gasteiger partial charge in [-0.2, -0.15) is 0 Å². The van der Waals surface area contributed by atoms with E-state index >= 15 is 0 Å². The molecule has 7 nitrogen and oxygen atoms in total. The van der Waals surface area contributed by atoms with E-state index in [9.17, 15) is 9.59 Å². The Morgan fingerprint density at radius 2 is 1.96 bits per heavy atom. The van der Waals surface area contributed by atoms with Gasteiger partial charge in [0.2, 0.25) is 0 Å². The molecular formula is C21H27N3O4. The number of nitrogens with one attached hydrogen (secondary N) is 1. The number of aromatic amines is 1. The van der Waals surface area contributed by atoms with Crippen LogP contribution < -0.4 is 0 Å². The molecule has 1 atom stereocenters. The lowest BCUT2D eigenvalue weighted by Gasteiger charge is -2.27. The van der Waals surface area contributed by atoms with E-state index in [4.69, 9.17) is 9.47 Å². The smallest absolute Gasteiger partial charge is 0.410 e. The maximum absolute atomic E-state index is 12.5. The van der Waals surface area contributed by atoms with Crippen LogP contribution in [0.25, 0.3) is 11.3 Å². The zero-order chi connectivity index (χ0) is 20.3. The van der Waals surface area contributed by atoms with Gasteiger partial charge in [0.25, 0.3) is 0 Å². The van der Waals surface area contributed by atoms with Gasteiger partial charge in [-0.25, -0.2) is 14.6 Å². The van der Waals surface area contributed by atoms with E-state index in [1.54, 1.807) is 30.2 Å². The van der Waals surface area contributed by atoms with E-state index in [1.165, 1.54) is 0 Å². The number of ether oxygens (including phenoxy) is 2. The number of benzene rings is 1. The van der Waals surface area contributed by atoms with Gasteiger partial charge in [-0.05, 0) is 58.2 Å². The van der Waals surface area contributed by atoms with Crippen molar-refractivity contribution < 1.29 is 19.1 Å². The average molecular weight is 385 g/mol. The van der Waals surface area contributed by atoms with E-state index < -0.39 is 5.60 Å². The Kier molecular flexibility index (Phi) is 5.72. The molecule has 0 spiro atoms. The number of hydrogen-bond donors (Lipinski definition) is 1. The Labute approximate surface area is 165 Å². The van der Waals surface area contributed by atoms with Crippen LogP contribution in [0.3, 0.4) is 0 Å². The number of hydrogen-bond acceptors (Lipinski definition) is 5. The van der Waals surface area contributed by atoms with E-state index in [2.05, 4.69) is 9.97 Å². The molecule has 1 saturated heterocycles. The molecule has 150 valence electrons. The summed E-state index contributed by atoms with van der Waals surface area (Å²) in [4.78, 5) is 33.8. The molecule has 1 aliphatic rings. The fraction of sp³-hybridized carbons (Fsp3) is 0.476. The van der Waals surface area contributed by atoms with E-state index in [0.29, 0.717) is 18.7 Å². The molecule has 1 fully saturated rings. The largest absolute Gasteiger partial charge is 0.462 e. The fourth-order valence-corrected chi connectivity index (χ4v) is 3.24. The van der Waals surface area contributed by atoms with Crippen LogP contribution in [0.4, 0.5) is 4.79 Å². The third kappa shape index (κ3) is 4.52. The molecule has 1 aromatic carbocycles. The Hall–Kier alpha value is -2.83. The SMILES string of the molecule is CCOC(=O)c1ccc(-c2cnc(C3CCCN3C(=O)OC(C)(C)C)[nH]2)cc1. The highest BCUT2D eigenvalue weighted by Gasteiger charge is 2.34. The van der Waals surface area contributed by atoms with Gasteiger partial charge in [0.05, 0.1) is 30.1 Å². The number of carbonyl (C=O) groups is 2. The van der Waals surface area contributed by atoms with Gasteiger partial charge in [0.15, 0.2) is 0 Å². The number of aromatic nitrogens is 2. The van der Waals surface area contributed by atoms with Crippen molar-refractivity contribution in [3.63, 3.8) is 0 Å². The number of H-pyrrole nitrogens is 1.